The molecule has 0 N–H and O–H groups in total. The predicted octanol–water partition coefficient (Wildman–Crippen LogP) is 5.53. The molecule has 1 saturated heterocycles. The number of esters is 1. The highest BCUT2D eigenvalue weighted by Crippen LogP contribution is 2.34. The smallest absolute Gasteiger partial charge is 0.306 e. The van der Waals surface area contributed by atoms with Crippen molar-refractivity contribution in [3.63, 3.8) is 0 Å². The van der Waals surface area contributed by atoms with Gasteiger partial charge in [0.2, 0.25) is 5.88 Å². The van der Waals surface area contributed by atoms with Gasteiger partial charge in [0.15, 0.2) is 0 Å². The number of pyridine rings is 1. The van der Waals surface area contributed by atoms with Crippen molar-refractivity contribution in [2.24, 2.45) is 5.92 Å². The van der Waals surface area contributed by atoms with Gasteiger partial charge in [-0.1, -0.05) is 44.7 Å². The standard InChI is InChI=1S/C21H32ClNO4S/c1-3-5-6-16(4-2)15-26-19(24)10-14-28-18-7-11-23-21(20(18)22)27-17-8-12-25-13-9-17/h7,11,16-17H,3-6,8-10,12-15H2,1-2H3. The number of ether oxygens (including phenoxy) is 3. The Morgan fingerprint density at radius 1 is 1.39 bits per heavy atom. The Morgan fingerprint density at radius 3 is 2.89 bits per heavy atom. The van der Waals surface area contributed by atoms with Gasteiger partial charge >= 0.3 is 5.97 Å². The van der Waals surface area contributed by atoms with Crippen LogP contribution < -0.4 is 4.74 Å². The number of hydrogen-bond acceptors (Lipinski definition) is 6. The molecule has 1 fully saturated rings. The minimum atomic E-state index is -0.147. The normalized spacial score (nSPS) is 16.0. The van der Waals surface area contributed by atoms with Crippen LogP contribution in [-0.4, -0.2) is 42.6 Å². The van der Waals surface area contributed by atoms with Crippen LogP contribution in [-0.2, 0) is 14.3 Å². The van der Waals surface area contributed by atoms with Crippen molar-refractivity contribution >= 4 is 29.3 Å². The number of rotatable bonds is 12. The van der Waals surface area contributed by atoms with Gasteiger partial charge in [-0.3, -0.25) is 4.79 Å². The lowest BCUT2D eigenvalue weighted by Gasteiger charge is -2.23. The summed E-state index contributed by atoms with van der Waals surface area (Å²) in [5.74, 6) is 1.40. The maximum atomic E-state index is 12.0. The van der Waals surface area contributed by atoms with Crippen LogP contribution >= 0.6 is 23.4 Å². The summed E-state index contributed by atoms with van der Waals surface area (Å²) in [6.45, 7) is 6.26. The summed E-state index contributed by atoms with van der Waals surface area (Å²) >= 11 is 7.99. The fourth-order valence-corrected chi connectivity index (χ4v) is 4.16. The Morgan fingerprint density at radius 2 is 2.18 bits per heavy atom. The van der Waals surface area contributed by atoms with E-state index < -0.39 is 0 Å². The Balaban J connectivity index is 1.74. The predicted molar refractivity (Wildman–Crippen MR) is 113 cm³/mol. The highest BCUT2D eigenvalue weighted by molar-refractivity contribution is 7.99. The molecular formula is C21H32ClNO4S. The number of thioether (sulfide) groups is 1. The quantitative estimate of drug-likeness (QED) is 0.321. The molecule has 1 atom stereocenters. The van der Waals surface area contributed by atoms with Crippen molar-refractivity contribution in [1.29, 1.82) is 0 Å². The van der Waals surface area contributed by atoms with Gasteiger partial charge in [-0.25, -0.2) is 4.98 Å². The van der Waals surface area contributed by atoms with Crippen LogP contribution in [0.25, 0.3) is 0 Å². The maximum Gasteiger partial charge on any atom is 0.306 e. The first kappa shape index (κ1) is 23.3. The Hall–Kier alpha value is -0.980. The van der Waals surface area contributed by atoms with Crippen molar-refractivity contribution in [2.45, 2.75) is 69.8 Å². The van der Waals surface area contributed by atoms with Crippen LogP contribution in [0.5, 0.6) is 5.88 Å². The molecule has 1 unspecified atom stereocenters. The SMILES string of the molecule is CCCCC(CC)COC(=O)CCSc1ccnc(OC2CCOCC2)c1Cl. The summed E-state index contributed by atoms with van der Waals surface area (Å²) in [7, 11) is 0. The van der Waals surface area contributed by atoms with Crippen LogP contribution in [0.2, 0.25) is 5.02 Å². The van der Waals surface area contributed by atoms with Gasteiger partial charge in [-0.05, 0) is 18.4 Å². The average molecular weight is 430 g/mol. The summed E-state index contributed by atoms with van der Waals surface area (Å²) in [4.78, 5) is 17.2. The lowest BCUT2D eigenvalue weighted by molar-refractivity contribution is -0.144. The van der Waals surface area contributed by atoms with E-state index in [-0.39, 0.29) is 12.1 Å². The van der Waals surface area contributed by atoms with Gasteiger partial charge in [0.25, 0.3) is 0 Å². The summed E-state index contributed by atoms with van der Waals surface area (Å²) < 4.78 is 16.7. The minimum Gasteiger partial charge on any atom is -0.473 e. The third-order valence-electron chi connectivity index (χ3n) is 4.86. The maximum absolute atomic E-state index is 12.0. The monoisotopic (exact) mass is 429 g/mol. The number of halogens is 1. The number of unbranched alkanes of at least 4 members (excludes halogenated alkanes) is 1. The molecule has 0 amide bonds. The Kier molecular flexibility index (Phi) is 11.1. The molecule has 0 radical (unpaired) electrons. The molecule has 2 rings (SSSR count). The second kappa shape index (κ2) is 13.3. The zero-order chi connectivity index (χ0) is 20.2. The van der Waals surface area contributed by atoms with E-state index in [9.17, 15) is 4.79 Å². The van der Waals surface area contributed by atoms with Gasteiger partial charge in [-0.2, -0.15) is 0 Å². The molecule has 0 aliphatic carbocycles. The zero-order valence-corrected chi connectivity index (χ0v) is 18.5. The summed E-state index contributed by atoms with van der Waals surface area (Å²) in [5, 5.41) is 0.512. The van der Waals surface area contributed by atoms with E-state index in [0.29, 0.717) is 48.8 Å². The van der Waals surface area contributed by atoms with Gasteiger partial charge < -0.3 is 14.2 Å². The molecule has 1 aliphatic heterocycles. The summed E-state index contributed by atoms with van der Waals surface area (Å²) in [6, 6.07) is 1.85. The number of nitrogens with zero attached hydrogens (tertiary/aromatic N) is 1. The van der Waals surface area contributed by atoms with E-state index in [1.165, 1.54) is 24.6 Å². The number of carbonyl (C=O) groups is 1. The topological polar surface area (TPSA) is 57.7 Å². The fourth-order valence-electron chi connectivity index (χ4n) is 2.98. The largest absolute Gasteiger partial charge is 0.473 e. The second-order valence-electron chi connectivity index (χ2n) is 7.06. The Bertz CT molecular complexity index is 596. The number of aromatic nitrogens is 1. The molecule has 1 aliphatic rings. The third-order valence-corrected chi connectivity index (χ3v) is 6.39. The van der Waals surface area contributed by atoms with Gasteiger partial charge in [0.1, 0.15) is 11.1 Å². The van der Waals surface area contributed by atoms with Crippen molar-refractivity contribution in [3.05, 3.63) is 17.3 Å². The lowest BCUT2D eigenvalue weighted by atomic mass is 10.0. The molecule has 1 aromatic heterocycles. The van der Waals surface area contributed by atoms with E-state index in [4.69, 9.17) is 25.8 Å². The average Bonchev–Trinajstić information content (AvgIpc) is 2.71. The van der Waals surface area contributed by atoms with Crippen LogP contribution in [0.1, 0.15) is 58.8 Å². The highest BCUT2D eigenvalue weighted by atomic mass is 35.5. The summed E-state index contributed by atoms with van der Waals surface area (Å²) in [5.41, 5.74) is 0. The van der Waals surface area contributed by atoms with E-state index in [1.54, 1.807) is 6.20 Å². The summed E-state index contributed by atoms with van der Waals surface area (Å²) in [6.07, 6.45) is 8.37. The molecule has 1 aromatic rings. The molecule has 7 heteroatoms. The highest BCUT2D eigenvalue weighted by Gasteiger charge is 2.19. The van der Waals surface area contributed by atoms with E-state index in [1.807, 2.05) is 6.07 Å². The molecule has 5 nitrogen and oxygen atoms in total. The number of hydrogen-bond donors (Lipinski definition) is 0. The Labute approximate surface area is 177 Å². The number of carbonyl (C=O) groups excluding carboxylic acids is 1. The van der Waals surface area contributed by atoms with Crippen molar-refractivity contribution in [1.82, 2.24) is 4.98 Å². The van der Waals surface area contributed by atoms with Crippen molar-refractivity contribution in [3.8, 4) is 5.88 Å². The molecule has 2 heterocycles. The van der Waals surface area contributed by atoms with E-state index in [2.05, 4.69) is 18.8 Å². The third kappa shape index (κ3) is 8.18. The van der Waals surface area contributed by atoms with Crippen LogP contribution in [0.4, 0.5) is 0 Å². The van der Waals surface area contributed by atoms with Crippen LogP contribution in [0.15, 0.2) is 17.2 Å². The molecule has 28 heavy (non-hydrogen) atoms. The van der Waals surface area contributed by atoms with Gasteiger partial charge in [0.05, 0.1) is 26.2 Å². The van der Waals surface area contributed by atoms with Crippen LogP contribution in [0.3, 0.4) is 0 Å². The molecule has 0 bridgehead atoms. The molecule has 0 saturated carbocycles. The van der Waals surface area contributed by atoms with E-state index >= 15 is 0 Å². The van der Waals surface area contributed by atoms with Crippen LogP contribution in [0, 0.1) is 5.92 Å². The molecule has 0 spiro atoms. The van der Waals surface area contributed by atoms with Crippen molar-refractivity contribution in [2.75, 3.05) is 25.6 Å². The fraction of sp³-hybridized carbons (Fsp3) is 0.714. The lowest BCUT2D eigenvalue weighted by Crippen LogP contribution is -2.26. The minimum absolute atomic E-state index is 0.0909. The molecule has 0 aromatic carbocycles. The second-order valence-corrected chi connectivity index (χ2v) is 8.57. The van der Waals surface area contributed by atoms with Gasteiger partial charge in [-0.15, -0.1) is 11.8 Å². The first-order chi connectivity index (χ1) is 13.6. The zero-order valence-electron chi connectivity index (χ0n) is 17.0. The molecule has 158 valence electrons. The first-order valence-electron chi connectivity index (χ1n) is 10.3. The molecular weight excluding hydrogens is 398 g/mol. The van der Waals surface area contributed by atoms with E-state index in [0.717, 1.165) is 30.6 Å². The van der Waals surface area contributed by atoms with Gasteiger partial charge in [0, 0.05) is 29.7 Å². The first-order valence-corrected chi connectivity index (χ1v) is 11.7. The van der Waals surface area contributed by atoms with Crippen molar-refractivity contribution < 1.29 is 19.0 Å².